The number of pyridine rings is 1. The second kappa shape index (κ2) is 3.80. The van der Waals surface area contributed by atoms with Crippen LogP contribution in [0.25, 0.3) is 0 Å². The van der Waals surface area contributed by atoms with E-state index in [0.717, 1.165) is 0 Å². The summed E-state index contributed by atoms with van der Waals surface area (Å²) in [7, 11) is 1.71. The molecular formula is C6H8Cl2N4. The van der Waals surface area contributed by atoms with Crippen LogP contribution in [0.4, 0.5) is 11.6 Å². The average molecular weight is 207 g/mol. The minimum Gasteiger partial charge on any atom is -0.372 e. The normalized spacial score (nSPS) is 9.67. The molecule has 0 radical (unpaired) electrons. The van der Waals surface area contributed by atoms with Gasteiger partial charge < -0.3 is 10.7 Å². The number of nitrogen functional groups attached to an aromatic ring is 1. The summed E-state index contributed by atoms with van der Waals surface area (Å²) in [6.45, 7) is 0. The molecule has 4 N–H and O–H groups in total. The van der Waals surface area contributed by atoms with Gasteiger partial charge >= 0.3 is 0 Å². The highest BCUT2D eigenvalue weighted by molar-refractivity contribution is 6.37. The van der Waals surface area contributed by atoms with E-state index < -0.39 is 0 Å². The van der Waals surface area contributed by atoms with Crippen LogP contribution in [-0.2, 0) is 0 Å². The predicted octanol–water partition coefficient (Wildman–Crippen LogP) is 1.72. The predicted molar refractivity (Wildman–Crippen MR) is 51.6 cm³/mol. The van der Waals surface area contributed by atoms with Gasteiger partial charge in [-0.25, -0.2) is 10.8 Å². The van der Waals surface area contributed by atoms with Crippen molar-refractivity contribution in [3.8, 4) is 0 Å². The van der Waals surface area contributed by atoms with Gasteiger partial charge in [0.2, 0.25) is 0 Å². The SMILES string of the molecule is CNc1nc(NN)c(Cl)cc1Cl. The summed E-state index contributed by atoms with van der Waals surface area (Å²) < 4.78 is 0. The second-order valence-corrected chi connectivity index (χ2v) is 2.86. The Morgan fingerprint density at radius 1 is 1.33 bits per heavy atom. The number of hydrogen-bond acceptors (Lipinski definition) is 4. The number of nitrogens with one attached hydrogen (secondary N) is 2. The molecule has 1 aromatic rings. The van der Waals surface area contributed by atoms with Crippen molar-refractivity contribution in [1.29, 1.82) is 0 Å². The summed E-state index contributed by atoms with van der Waals surface area (Å²) in [6, 6.07) is 1.57. The van der Waals surface area contributed by atoms with Crippen LogP contribution in [0.15, 0.2) is 6.07 Å². The zero-order valence-electron chi connectivity index (χ0n) is 6.36. The number of rotatable bonds is 2. The Kier molecular flexibility index (Phi) is 2.97. The van der Waals surface area contributed by atoms with E-state index in [1.165, 1.54) is 0 Å². The zero-order chi connectivity index (χ0) is 9.14. The van der Waals surface area contributed by atoms with Crippen LogP contribution < -0.4 is 16.6 Å². The maximum absolute atomic E-state index is 5.78. The first-order chi connectivity index (χ1) is 5.69. The summed E-state index contributed by atoms with van der Waals surface area (Å²) in [5.74, 6) is 6.09. The van der Waals surface area contributed by atoms with Gasteiger partial charge in [0.05, 0.1) is 10.0 Å². The molecule has 0 unspecified atom stereocenters. The Morgan fingerprint density at radius 2 is 1.92 bits per heavy atom. The fourth-order valence-electron chi connectivity index (χ4n) is 0.743. The van der Waals surface area contributed by atoms with Crippen molar-refractivity contribution >= 4 is 34.8 Å². The molecule has 1 heterocycles. The lowest BCUT2D eigenvalue weighted by Gasteiger charge is -2.06. The van der Waals surface area contributed by atoms with Gasteiger partial charge in [-0.3, -0.25) is 0 Å². The number of hydrogen-bond donors (Lipinski definition) is 3. The monoisotopic (exact) mass is 206 g/mol. The summed E-state index contributed by atoms with van der Waals surface area (Å²) >= 11 is 11.5. The quantitative estimate of drug-likeness (QED) is 0.510. The second-order valence-electron chi connectivity index (χ2n) is 2.04. The minimum atomic E-state index is 0.390. The molecule has 0 saturated heterocycles. The van der Waals surface area contributed by atoms with E-state index in [2.05, 4.69) is 15.7 Å². The number of anilines is 2. The minimum absolute atomic E-state index is 0.390. The van der Waals surface area contributed by atoms with Crippen molar-refractivity contribution in [2.75, 3.05) is 17.8 Å². The smallest absolute Gasteiger partial charge is 0.161 e. The number of nitrogens with zero attached hydrogens (tertiary/aromatic N) is 1. The average Bonchev–Trinajstić information content (AvgIpc) is 2.05. The lowest BCUT2D eigenvalue weighted by molar-refractivity contribution is 1.22. The topological polar surface area (TPSA) is 63.0 Å². The van der Waals surface area contributed by atoms with Crippen molar-refractivity contribution in [3.05, 3.63) is 16.1 Å². The molecule has 0 spiro atoms. The van der Waals surface area contributed by atoms with Crippen LogP contribution in [-0.4, -0.2) is 12.0 Å². The molecule has 0 aliphatic heterocycles. The molecule has 66 valence electrons. The van der Waals surface area contributed by atoms with Gasteiger partial charge in [0.25, 0.3) is 0 Å². The summed E-state index contributed by atoms with van der Waals surface area (Å²) in [5.41, 5.74) is 2.36. The van der Waals surface area contributed by atoms with Crippen LogP contribution in [0.3, 0.4) is 0 Å². The highest BCUT2D eigenvalue weighted by atomic mass is 35.5. The van der Waals surface area contributed by atoms with Crippen molar-refractivity contribution in [2.24, 2.45) is 5.84 Å². The number of nitrogens with two attached hydrogens (primary N) is 1. The molecule has 12 heavy (non-hydrogen) atoms. The van der Waals surface area contributed by atoms with Crippen LogP contribution in [0.2, 0.25) is 10.0 Å². The van der Waals surface area contributed by atoms with Crippen LogP contribution in [0.1, 0.15) is 0 Å². The fourth-order valence-corrected chi connectivity index (χ4v) is 1.25. The molecule has 6 heteroatoms. The van der Waals surface area contributed by atoms with Crippen LogP contribution in [0, 0.1) is 0 Å². The molecule has 1 rings (SSSR count). The van der Waals surface area contributed by atoms with Crippen molar-refractivity contribution in [2.45, 2.75) is 0 Å². The third-order valence-corrected chi connectivity index (χ3v) is 1.88. The van der Waals surface area contributed by atoms with Crippen molar-refractivity contribution < 1.29 is 0 Å². The number of halogens is 2. The van der Waals surface area contributed by atoms with E-state index >= 15 is 0 Å². The van der Waals surface area contributed by atoms with E-state index in [4.69, 9.17) is 29.0 Å². The summed E-state index contributed by atoms with van der Waals surface area (Å²) in [6.07, 6.45) is 0. The van der Waals surface area contributed by atoms with E-state index in [0.29, 0.717) is 21.7 Å². The van der Waals surface area contributed by atoms with Gasteiger partial charge in [-0.05, 0) is 6.07 Å². The Balaban J connectivity index is 3.18. The van der Waals surface area contributed by atoms with Gasteiger partial charge in [-0.2, -0.15) is 0 Å². The Hall–Kier alpha value is -0.710. The molecule has 0 aromatic carbocycles. The fraction of sp³-hybridized carbons (Fsp3) is 0.167. The zero-order valence-corrected chi connectivity index (χ0v) is 7.87. The standard InChI is InChI=1S/C6H8Cl2N4/c1-10-5-3(7)2-4(8)6(11-5)12-9/h2H,9H2,1H3,(H2,10,11,12). The highest BCUT2D eigenvalue weighted by Gasteiger charge is 2.06. The van der Waals surface area contributed by atoms with E-state index in [9.17, 15) is 0 Å². The van der Waals surface area contributed by atoms with Gasteiger partial charge in [0.1, 0.15) is 5.82 Å². The number of hydrazine groups is 1. The van der Waals surface area contributed by atoms with Gasteiger partial charge in [0.15, 0.2) is 5.82 Å². The van der Waals surface area contributed by atoms with Crippen LogP contribution in [0.5, 0.6) is 0 Å². The lowest BCUT2D eigenvalue weighted by atomic mass is 10.4. The van der Waals surface area contributed by atoms with E-state index in [1.807, 2.05) is 0 Å². The first kappa shape index (κ1) is 9.38. The third kappa shape index (κ3) is 1.72. The summed E-state index contributed by atoms with van der Waals surface area (Å²) in [5, 5.41) is 3.65. The van der Waals surface area contributed by atoms with Gasteiger partial charge in [0, 0.05) is 7.05 Å². The molecule has 0 saturated carbocycles. The molecule has 0 atom stereocenters. The summed E-state index contributed by atoms with van der Waals surface area (Å²) in [4.78, 5) is 4.00. The molecule has 1 aromatic heterocycles. The Bertz CT molecular complexity index is 264. The van der Waals surface area contributed by atoms with Crippen molar-refractivity contribution in [1.82, 2.24) is 4.98 Å². The maximum atomic E-state index is 5.78. The molecule has 0 aliphatic carbocycles. The maximum Gasteiger partial charge on any atom is 0.161 e. The van der Waals surface area contributed by atoms with Gasteiger partial charge in [-0.1, -0.05) is 23.2 Å². The Morgan fingerprint density at radius 3 is 2.42 bits per heavy atom. The largest absolute Gasteiger partial charge is 0.372 e. The molecule has 0 fully saturated rings. The highest BCUT2D eigenvalue weighted by Crippen LogP contribution is 2.27. The third-order valence-electron chi connectivity index (χ3n) is 1.30. The lowest BCUT2D eigenvalue weighted by Crippen LogP contribution is -2.10. The molecular weight excluding hydrogens is 199 g/mol. The molecule has 0 amide bonds. The van der Waals surface area contributed by atoms with E-state index in [-0.39, 0.29) is 0 Å². The number of aromatic nitrogens is 1. The Labute approximate surface area is 80.0 Å². The van der Waals surface area contributed by atoms with Crippen molar-refractivity contribution in [3.63, 3.8) is 0 Å². The first-order valence-corrected chi connectivity index (χ1v) is 3.95. The van der Waals surface area contributed by atoms with Crippen LogP contribution >= 0.6 is 23.2 Å². The van der Waals surface area contributed by atoms with E-state index in [1.54, 1.807) is 13.1 Å². The first-order valence-electron chi connectivity index (χ1n) is 3.19. The molecule has 4 nitrogen and oxygen atoms in total. The molecule has 0 bridgehead atoms. The molecule has 0 aliphatic rings. The van der Waals surface area contributed by atoms with Gasteiger partial charge in [-0.15, -0.1) is 0 Å².